The minimum Gasteiger partial charge on any atom is -0.387 e. The molecule has 3 heteroatoms. The van der Waals surface area contributed by atoms with Crippen LogP contribution >= 0.6 is 0 Å². The van der Waals surface area contributed by atoms with Crippen molar-refractivity contribution >= 4 is 5.69 Å². The number of aromatic nitrogens is 1. The predicted molar refractivity (Wildman–Crippen MR) is 56.3 cm³/mol. The van der Waals surface area contributed by atoms with E-state index in [0.29, 0.717) is 6.04 Å². The van der Waals surface area contributed by atoms with E-state index in [2.05, 4.69) is 16.9 Å². The summed E-state index contributed by atoms with van der Waals surface area (Å²) in [6.45, 7) is 1.73. The molecule has 1 aromatic rings. The van der Waals surface area contributed by atoms with Gasteiger partial charge < -0.3 is 10.0 Å². The van der Waals surface area contributed by atoms with Crippen molar-refractivity contribution < 1.29 is 5.11 Å². The highest BCUT2D eigenvalue weighted by molar-refractivity contribution is 5.46. The van der Waals surface area contributed by atoms with Gasteiger partial charge in [0.25, 0.3) is 0 Å². The topological polar surface area (TPSA) is 36.4 Å². The summed E-state index contributed by atoms with van der Waals surface area (Å²) in [6.07, 6.45) is 3.93. The Balaban J connectivity index is 2.12. The summed E-state index contributed by atoms with van der Waals surface area (Å²) >= 11 is 0. The smallest absolute Gasteiger partial charge is 0.0931 e. The summed E-state index contributed by atoms with van der Waals surface area (Å²) in [4.78, 5) is 6.47. The lowest BCUT2D eigenvalue weighted by molar-refractivity contribution is 0.194. The molecule has 1 saturated carbocycles. The maximum atomic E-state index is 9.30. The zero-order valence-electron chi connectivity index (χ0n) is 8.64. The van der Waals surface area contributed by atoms with E-state index < -0.39 is 6.10 Å². The van der Waals surface area contributed by atoms with Crippen molar-refractivity contribution in [3.63, 3.8) is 0 Å². The molecule has 0 amide bonds. The highest BCUT2D eigenvalue weighted by atomic mass is 16.3. The first kappa shape index (κ1) is 9.46. The molecule has 0 saturated heterocycles. The van der Waals surface area contributed by atoms with Crippen molar-refractivity contribution in [1.29, 1.82) is 0 Å². The van der Waals surface area contributed by atoms with E-state index in [-0.39, 0.29) is 0 Å². The quantitative estimate of drug-likeness (QED) is 0.792. The van der Waals surface area contributed by atoms with Gasteiger partial charge in [-0.2, -0.15) is 0 Å². The van der Waals surface area contributed by atoms with Gasteiger partial charge in [0.1, 0.15) is 0 Å². The molecule has 0 bridgehead atoms. The first-order valence-electron chi connectivity index (χ1n) is 5.05. The standard InChI is InChI=1S/C11H16N2O/c1-8(14)11-6-5-10(7-12-11)13(2)9-3-4-9/h5-9,14H,3-4H2,1-2H3/t8-/m1/s1. The summed E-state index contributed by atoms with van der Waals surface area (Å²) in [5.74, 6) is 0. The van der Waals surface area contributed by atoms with Gasteiger partial charge in [0.15, 0.2) is 0 Å². The largest absolute Gasteiger partial charge is 0.387 e. The molecule has 1 heterocycles. The lowest BCUT2D eigenvalue weighted by Gasteiger charge is -2.18. The molecule has 0 spiro atoms. The van der Waals surface area contributed by atoms with Gasteiger partial charge in [0.05, 0.1) is 23.7 Å². The molecule has 2 rings (SSSR count). The molecule has 0 aromatic carbocycles. The number of aliphatic hydroxyl groups excluding tert-OH is 1. The van der Waals surface area contributed by atoms with Crippen LogP contribution in [-0.2, 0) is 0 Å². The van der Waals surface area contributed by atoms with E-state index in [1.54, 1.807) is 6.92 Å². The van der Waals surface area contributed by atoms with Crippen LogP contribution in [0.3, 0.4) is 0 Å². The number of anilines is 1. The third-order valence-electron chi connectivity index (χ3n) is 2.70. The zero-order chi connectivity index (χ0) is 10.1. The van der Waals surface area contributed by atoms with Crippen LogP contribution in [0.2, 0.25) is 0 Å². The summed E-state index contributed by atoms with van der Waals surface area (Å²) in [5, 5.41) is 9.30. The average molecular weight is 192 g/mol. The lowest BCUT2D eigenvalue weighted by Crippen LogP contribution is -2.19. The molecule has 14 heavy (non-hydrogen) atoms. The molecule has 0 radical (unpaired) electrons. The maximum Gasteiger partial charge on any atom is 0.0931 e. The lowest BCUT2D eigenvalue weighted by atomic mass is 10.2. The van der Waals surface area contributed by atoms with Gasteiger partial charge in [0, 0.05) is 13.1 Å². The highest BCUT2D eigenvalue weighted by Gasteiger charge is 2.26. The molecule has 1 atom stereocenters. The Bertz CT molecular complexity index is 304. The van der Waals surface area contributed by atoms with Gasteiger partial charge in [-0.25, -0.2) is 0 Å². The van der Waals surface area contributed by atoms with Crippen LogP contribution in [0, 0.1) is 0 Å². The number of pyridine rings is 1. The fourth-order valence-electron chi connectivity index (χ4n) is 1.53. The van der Waals surface area contributed by atoms with Crippen molar-refractivity contribution in [3.05, 3.63) is 24.0 Å². The van der Waals surface area contributed by atoms with Gasteiger partial charge in [-0.3, -0.25) is 4.98 Å². The molecule has 1 aromatic heterocycles. The van der Waals surface area contributed by atoms with Gasteiger partial charge in [-0.15, -0.1) is 0 Å². The van der Waals surface area contributed by atoms with E-state index >= 15 is 0 Å². The molecule has 1 N–H and O–H groups in total. The van der Waals surface area contributed by atoms with E-state index in [9.17, 15) is 5.11 Å². The Labute approximate surface area is 84.4 Å². The van der Waals surface area contributed by atoms with Crippen LogP contribution in [0.5, 0.6) is 0 Å². The average Bonchev–Trinajstić information content (AvgIpc) is 3.00. The molecule has 0 unspecified atom stereocenters. The summed E-state index contributed by atoms with van der Waals surface area (Å²) in [6, 6.07) is 4.61. The molecule has 1 fully saturated rings. The van der Waals surface area contributed by atoms with Crippen LogP contribution in [-0.4, -0.2) is 23.2 Å². The molecular weight excluding hydrogens is 176 g/mol. The van der Waals surface area contributed by atoms with Crippen molar-refractivity contribution in [2.45, 2.75) is 31.9 Å². The van der Waals surface area contributed by atoms with Crippen molar-refractivity contribution in [2.24, 2.45) is 0 Å². The monoisotopic (exact) mass is 192 g/mol. The van der Waals surface area contributed by atoms with Gasteiger partial charge in [0.2, 0.25) is 0 Å². The number of hydrogen-bond acceptors (Lipinski definition) is 3. The normalized spacial score (nSPS) is 17.9. The van der Waals surface area contributed by atoms with Gasteiger partial charge >= 0.3 is 0 Å². The SMILES string of the molecule is C[C@@H](O)c1ccc(N(C)C2CC2)cn1. The van der Waals surface area contributed by atoms with Crippen molar-refractivity contribution in [3.8, 4) is 0 Å². The molecular formula is C11H16N2O. The summed E-state index contributed by atoms with van der Waals surface area (Å²) < 4.78 is 0. The van der Waals surface area contributed by atoms with Crippen LogP contribution in [0.1, 0.15) is 31.6 Å². The summed E-state index contributed by atoms with van der Waals surface area (Å²) in [7, 11) is 2.09. The second kappa shape index (κ2) is 3.58. The van der Waals surface area contributed by atoms with Crippen molar-refractivity contribution in [1.82, 2.24) is 4.98 Å². The van der Waals surface area contributed by atoms with E-state index in [4.69, 9.17) is 0 Å². The van der Waals surface area contributed by atoms with Crippen LogP contribution in [0.25, 0.3) is 0 Å². The molecule has 0 aliphatic heterocycles. The van der Waals surface area contributed by atoms with E-state index in [1.165, 1.54) is 12.8 Å². The molecule has 1 aliphatic rings. The van der Waals surface area contributed by atoms with Crippen LogP contribution < -0.4 is 4.90 Å². The first-order chi connectivity index (χ1) is 6.68. The summed E-state index contributed by atoms with van der Waals surface area (Å²) in [5.41, 5.74) is 1.87. The minimum atomic E-state index is -0.477. The second-order valence-corrected chi connectivity index (χ2v) is 3.96. The Kier molecular flexibility index (Phi) is 2.42. The van der Waals surface area contributed by atoms with Gasteiger partial charge in [-0.1, -0.05) is 0 Å². The Hall–Kier alpha value is -1.09. The van der Waals surface area contributed by atoms with E-state index in [0.717, 1.165) is 11.4 Å². The zero-order valence-corrected chi connectivity index (χ0v) is 8.64. The minimum absolute atomic E-state index is 0.477. The van der Waals surface area contributed by atoms with Crippen LogP contribution in [0.15, 0.2) is 18.3 Å². The molecule has 76 valence electrons. The Morgan fingerprint density at radius 3 is 2.64 bits per heavy atom. The number of nitrogens with zero attached hydrogens (tertiary/aromatic N) is 2. The van der Waals surface area contributed by atoms with Crippen molar-refractivity contribution in [2.75, 3.05) is 11.9 Å². The molecule has 1 aliphatic carbocycles. The third kappa shape index (κ3) is 1.87. The fraction of sp³-hybridized carbons (Fsp3) is 0.545. The third-order valence-corrected chi connectivity index (χ3v) is 2.70. The Morgan fingerprint density at radius 2 is 2.21 bits per heavy atom. The maximum absolute atomic E-state index is 9.30. The number of rotatable bonds is 3. The fourth-order valence-corrected chi connectivity index (χ4v) is 1.53. The Morgan fingerprint density at radius 1 is 1.50 bits per heavy atom. The number of hydrogen-bond donors (Lipinski definition) is 1. The first-order valence-corrected chi connectivity index (χ1v) is 5.05. The predicted octanol–water partition coefficient (Wildman–Crippen LogP) is 1.73. The second-order valence-electron chi connectivity index (χ2n) is 3.96. The van der Waals surface area contributed by atoms with E-state index in [1.807, 2.05) is 18.3 Å². The number of aliphatic hydroxyl groups is 1. The molecule has 3 nitrogen and oxygen atoms in total. The van der Waals surface area contributed by atoms with Crippen LogP contribution in [0.4, 0.5) is 5.69 Å². The van der Waals surface area contributed by atoms with Gasteiger partial charge in [-0.05, 0) is 31.9 Å². The highest BCUT2D eigenvalue weighted by Crippen LogP contribution is 2.29.